The predicted octanol–water partition coefficient (Wildman–Crippen LogP) is 2.38. The van der Waals surface area contributed by atoms with Gasteiger partial charge in [0.1, 0.15) is 18.2 Å². The van der Waals surface area contributed by atoms with Crippen molar-refractivity contribution in [2.75, 3.05) is 19.0 Å². The molecule has 0 aliphatic carbocycles. The smallest absolute Gasteiger partial charge is 0.406 e. The Bertz CT molecular complexity index is 1230. The lowest BCUT2D eigenvalue weighted by atomic mass is 10.00. The number of carbonyl (C=O) groups is 2. The van der Waals surface area contributed by atoms with Crippen molar-refractivity contribution in [3.63, 3.8) is 0 Å². The molecule has 0 aromatic carbocycles. The SMILES string of the molecule is Cc1cn([C@@H]2O[C@H](CO[P@](=O)(N[C@@H](C)C(=O)OC(C)C)OCCSC(=O)C(C)(C)C)[C@@H](O)[C@@]2(F)Cl)c(=O)[nH]c1=O. The first-order chi connectivity index (χ1) is 18.3. The van der Waals surface area contributed by atoms with E-state index in [0.717, 1.165) is 18.0 Å². The molecule has 1 fully saturated rings. The third-order valence-electron chi connectivity index (χ3n) is 5.43. The minimum atomic E-state index is -4.36. The molecule has 2 rings (SSSR count). The predicted molar refractivity (Wildman–Crippen MR) is 146 cm³/mol. The number of thioether (sulfide) groups is 1. The van der Waals surface area contributed by atoms with Crippen LogP contribution in [0.5, 0.6) is 0 Å². The number of aliphatic hydroxyl groups excluding tert-OH is 1. The molecule has 228 valence electrons. The van der Waals surface area contributed by atoms with Crippen LogP contribution in [0.25, 0.3) is 0 Å². The molecular weight excluding hydrogens is 596 g/mol. The van der Waals surface area contributed by atoms with Crippen LogP contribution in [0.1, 0.15) is 53.3 Å². The molecule has 3 N–H and O–H groups in total. The van der Waals surface area contributed by atoms with Gasteiger partial charge in [0.2, 0.25) is 0 Å². The molecule has 1 aliphatic rings. The summed E-state index contributed by atoms with van der Waals surface area (Å²) in [6.45, 7) is 10.2. The molecular formula is C23H36ClFN3O10PS. The van der Waals surface area contributed by atoms with Gasteiger partial charge < -0.3 is 14.6 Å². The summed E-state index contributed by atoms with van der Waals surface area (Å²) in [5.41, 5.74) is -2.29. The van der Waals surface area contributed by atoms with Gasteiger partial charge in [-0.1, -0.05) is 44.1 Å². The van der Waals surface area contributed by atoms with E-state index in [0.29, 0.717) is 4.57 Å². The number of aromatic amines is 1. The van der Waals surface area contributed by atoms with Crippen molar-refractivity contribution < 1.29 is 42.2 Å². The summed E-state index contributed by atoms with van der Waals surface area (Å²) in [5.74, 6) is -0.655. The lowest BCUT2D eigenvalue weighted by Crippen LogP contribution is -2.42. The van der Waals surface area contributed by atoms with Crippen LogP contribution in [-0.4, -0.2) is 74.2 Å². The Kier molecular flexibility index (Phi) is 11.8. The quantitative estimate of drug-likeness (QED) is 0.133. The van der Waals surface area contributed by atoms with E-state index in [1.165, 1.54) is 13.8 Å². The third kappa shape index (κ3) is 8.96. The number of H-pyrrole nitrogens is 1. The van der Waals surface area contributed by atoms with Crippen molar-refractivity contribution in [2.24, 2.45) is 5.41 Å². The Labute approximate surface area is 240 Å². The number of halogens is 2. The molecule has 0 radical (unpaired) electrons. The molecule has 0 saturated carbocycles. The number of rotatable bonds is 12. The fraction of sp³-hybridized carbons (Fsp3) is 0.739. The van der Waals surface area contributed by atoms with Crippen LogP contribution < -0.4 is 16.3 Å². The van der Waals surface area contributed by atoms with Crippen LogP contribution in [0.2, 0.25) is 0 Å². The minimum absolute atomic E-state index is 0.0528. The fourth-order valence-corrected chi connectivity index (χ4v) is 5.97. The van der Waals surface area contributed by atoms with Gasteiger partial charge in [0.05, 0.1) is 19.3 Å². The average molecular weight is 632 g/mol. The van der Waals surface area contributed by atoms with Crippen molar-refractivity contribution in [2.45, 2.75) is 84.2 Å². The van der Waals surface area contributed by atoms with E-state index in [4.69, 9.17) is 30.1 Å². The van der Waals surface area contributed by atoms with E-state index >= 15 is 4.39 Å². The normalized spacial score (nSPS) is 25.5. The highest BCUT2D eigenvalue weighted by Gasteiger charge is 2.58. The first-order valence-electron chi connectivity index (χ1n) is 12.4. The van der Waals surface area contributed by atoms with E-state index in [2.05, 4.69) is 5.09 Å². The summed E-state index contributed by atoms with van der Waals surface area (Å²) in [4.78, 5) is 50.4. The van der Waals surface area contributed by atoms with Crippen LogP contribution in [0.4, 0.5) is 4.39 Å². The molecule has 1 saturated heterocycles. The topological polar surface area (TPSA) is 175 Å². The summed E-state index contributed by atoms with van der Waals surface area (Å²) < 4.78 is 51.0. The van der Waals surface area contributed by atoms with E-state index in [-0.39, 0.29) is 23.0 Å². The minimum Gasteiger partial charge on any atom is -0.462 e. The van der Waals surface area contributed by atoms with Crippen LogP contribution in [-0.2, 0) is 32.7 Å². The molecule has 6 atom stereocenters. The molecule has 13 nitrogen and oxygen atoms in total. The standard InChI is InChI=1S/C23H36ClFN3O10PS/c1-12(2)37-18(31)14(4)27-39(34,35-8-9-40-20(32)22(5,6)7)36-11-15-16(29)23(24,25)19(38-15)28-10-13(3)17(30)26-21(28)33/h10,12,14-16,19,29H,8-9,11H2,1-7H3,(H,27,34)(H,26,30,33)/t14-,15+,16+,19+,23-,39-/m0/s1. The number of nitrogens with zero attached hydrogens (tertiary/aromatic N) is 1. The fourth-order valence-electron chi connectivity index (χ4n) is 3.28. The molecule has 0 spiro atoms. The summed E-state index contributed by atoms with van der Waals surface area (Å²) in [5, 5.41) is 9.77. The van der Waals surface area contributed by atoms with E-state index in [9.17, 15) is 28.8 Å². The van der Waals surface area contributed by atoms with Crippen molar-refractivity contribution in [1.29, 1.82) is 0 Å². The van der Waals surface area contributed by atoms with E-state index < -0.39 is 72.7 Å². The second kappa shape index (κ2) is 13.6. The Balaban J connectivity index is 2.19. The van der Waals surface area contributed by atoms with E-state index in [1.54, 1.807) is 34.6 Å². The maximum Gasteiger partial charge on any atom is 0.406 e. The highest BCUT2D eigenvalue weighted by atomic mass is 35.5. The van der Waals surface area contributed by atoms with E-state index in [1.807, 2.05) is 4.98 Å². The van der Waals surface area contributed by atoms with Crippen molar-refractivity contribution >= 4 is 42.2 Å². The molecule has 1 aliphatic heterocycles. The molecule has 17 heteroatoms. The van der Waals surface area contributed by atoms with Crippen molar-refractivity contribution in [3.05, 3.63) is 32.6 Å². The number of hydrogen-bond donors (Lipinski definition) is 3. The Hall–Kier alpha value is -1.58. The molecule has 1 aromatic heterocycles. The zero-order chi connectivity index (χ0) is 30.6. The number of aliphatic hydroxyl groups is 1. The number of aryl methyl sites for hydroxylation is 1. The van der Waals surface area contributed by atoms with Crippen LogP contribution in [0.15, 0.2) is 15.8 Å². The zero-order valence-electron chi connectivity index (χ0n) is 23.3. The summed E-state index contributed by atoms with van der Waals surface area (Å²) >= 11 is 6.86. The van der Waals surface area contributed by atoms with Crippen LogP contribution in [0.3, 0.4) is 0 Å². The van der Waals surface area contributed by atoms with Gasteiger partial charge in [0.25, 0.3) is 10.7 Å². The first-order valence-corrected chi connectivity index (χ1v) is 15.3. The Morgan fingerprint density at radius 3 is 2.52 bits per heavy atom. The van der Waals surface area contributed by atoms with Gasteiger partial charge in [-0.3, -0.25) is 33.0 Å². The molecule has 0 bridgehead atoms. The number of esters is 1. The number of carbonyl (C=O) groups excluding carboxylic acids is 2. The van der Waals surface area contributed by atoms with Gasteiger partial charge in [0, 0.05) is 22.9 Å². The molecule has 0 amide bonds. The molecule has 40 heavy (non-hydrogen) atoms. The van der Waals surface area contributed by atoms with Gasteiger partial charge in [-0.2, -0.15) is 0 Å². The largest absolute Gasteiger partial charge is 0.462 e. The monoisotopic (exact) mass is 631 g/mol. The lowest BCUT2D eigenvalue weighted by Gasteiger charge is -2.25. The number of aromatic nitrogens is 2. The second-order valence-electron chi connectivity index (χ2n) is 10.5. The van der Waals surface area contributed by atoms with Gasteiger partial charge in [0.15, 0.2) is 11.3 Å². The maximum atomic E-state index is 15.4. The summed E-state index contributed by atoms with van der Waals surface area (Å²) in [6, 6.07) is -1.17. The van der Waals surface area contributed by atoms with Crippen LogP contribution in [0, 0.1) is 12.3 Å². The Morgan fingerprint density at radius 2 is 1.95 bits per heavy atom. The van der Waals surface area contributed by atoms with Gasteiger partial charge in [-0.05, 0) is 27.7 Å². The highest BCUT2D eigenvalue weighted by Crippen LogP contribution is 2.48. The van der Waals surface area contributed by atoms with Crippen molar-refractivity contribution in [3.8, 4) is 0 Å². The summed E-state index contributed by atoms with van der Waals surface area (Å²) in [6.07, 6.45) is -4.95. The van der Waals surface area contributed by atoms with Crippen LogP contribution >= 0.6 is 31.1 Å². The second-order valence-corrected chi connectivity index (χ2v) is 13.9. The summed E-state index contributed by atoms with van der Waals surface area (Å²) in [7, 11) is -4.36. The zero-order valence-corrected chi connectivity index (χ0v) is 25.7. The third-order valence-corrected chi connectivity index (χ3v) is 8.80. The van der Waals surface area contributed by atoms with Crippen molar-refractivity contribution in [1.82, 2.24) is 14.6 Å². The van der Waals surface area contributed by atoms with Gasteiger partial charge >= 0.3 is 19.4 Å². The van der Waals surface area contributed by atoms with Gasteiger partial charge in [-0.25, -0.2) is 18.8 Å². The number of hydrogen-bond acceptors (Lipinski definition) is 11. The van der Waals surface area contributed by atoms with Gasteiger partial charge in [-0.15, -0.1) is 0 Å². The average Bonchev–Trinajstić information content (AvgIpc) is 3.05. The maximum absolute atomic E-state index is 15.4. The number of ether oxygens (including phenoxy) is 2. The Morgan fingerprint density at radius 1 is 1.32 bits per heavy atom. The molecule has 0 unspecified atom stereocenters. The number of nitrogens with one attached hydrogen (secondary N) is 2. The molecule has 1 aromatic rings. The lowest BCUT2D eigenvalue weighted by molar-refractivity contribution is -0.149. The number of alkyl halides is 2. The first kappa shape index (κ1) is 34.6. The molecule has 2 heterocycles. The highest BCUT2D eigenvalue weighted by molar-refractivity contribution is 8.13.